The van der Waals surface area contributed by atoms with E-state index in [-0.39, 0.29) is 36.1 Å². The molecule has 2 atom stereocenters. The lowest BCUT2D eigenvalue weighted by atomic mass is 10.1. The first-order valence-corrected chi connectivity index (χ1v) is 7.42. The lowest BCUT2D eigenvalue weighted by Crippen LogP contribution is -2.24. The van der Waals surface area contributed by atoms with Gasteiger partial charge in [-0.15, -0.1) is 12.4 Å². The van der Waals surface area contributed by atoms with Gasteiger partial charge >= 0.3 is 0 Å². The van der Waals surface area contributed by atoms with E-state index in [1.807, 2.05) is 6.92 Å². The number of amides is 1. The molecule has 2 aromatic rings. The summed E-state index contributed by atoms with van der Waals surface area (Å²) in [5, 5.41) is 7.28. The van der Waals surface area contributed by atoms with E-state index in [1.165, 1.54) is 12.1 Å². The van der Waals surface area contributed by atoms with Gasteiger partial charge < -0.3 is 11.1 Å². The molecule has 7 heteroatoms. The number of aromatic nitrogens is 2. The molecule has 1 aliphatic rings. The molecule has 124 valence electrons. The molecule has 2 unspecified atom stereocenters. The number of rotatable bonds is 3. The van der Waals surface area contributed by atoms with E-state index < -0.39 is 0 Å². The largest absolute Gasteiger partial charge is 0.328 e. The van der Waals surface area contributed by atoms with E-state index in [9.17, 15) is 9.18 Å². The number of halogens is 2. The van der Waals surface area contributed by atoms with Crippen molar-refractivity contribution in [2.24, 2.45) is 11.7 Å². The highest BCUT2D eigenvalue weighted by atomic mass is 35.5. The van der Waals surface area contributed by atoms with Gasteiger partial charge in [-0.2, -0.15) is 5.10 Å². The second-order valence-corrected chi connectivity index (χ2v) is 5.82. The number of nitrogens with one attached hydrogen (secondary N) is 1. The van der Waals surface area contributed by atoms with Crippen molar-refractivity contribution in [2.45, 2.75) is 32.2 Å². The zero-order chi connectivity index (χ0) is 15.7. The third kappa shape index (κ3) is 3.89. The Kier molecular flexibility index (Phi) is 5.38. The van der Waals surface area contributed by atoms with Crippen molar-refractivity contribution in [3.8, 4) is 5.69 Å². The first kappa shape index (κ1) is 17.4. The van der Waals surface area contributed by atoms with Crippen LogP contribution in [0.4, 0.5) is 10.2 Å². The van der Waals surface area contributed by atoms with Crippen LogP contribution in [0.5, 0.6) is 0 Å². The molecule has 1 heterocycles. The Hall–Kier alpha value is -1.92. The lowest BCUT2D eigenvalue weighted by Gasteiger charge is -2.12. The van der Waals surface area contributed by atoms with Crippen LogP contribution >= 0.6 is 12.4 Å². The molecule has 1 fully saturated rings. The van der Waals surface area contributed by atoms with Crippen LogP contribution in [0, 0.1) is 18.7 Å². The fourth-order valence-corrected chi connectivity index (χ4v) is 2.85. The Morgan fingerprint density at radius 3 is 2.65 bits per heavy atom. The third-order valence-electron chi connectivity index (χ3n) is 4.00. The summed E-state index contributed by atoms with van der Waals surface area (Å²) < 4.78 is 14.7. The summed E-state index contributed by atoms with van der Waals surface area (Å²) >= 11 is 0. The number of hydrogen-bond donors (Lipinski definition) is 2. The van der Waals surface area contributed by atoms with Crippen molar-refractivity contribution in [1.29, 1.82) is 0 Å². The van der Waals surface area contributed by atoms with Crippen molar-refractivity contribution in [3.63, 3.8) is 0 Å². The normalized spacial score (nSPS) is 20.1. The number of anilines is 1. The summed E-state index contributed by atoms with van der Waals surface area (Å²) in [6, 6.07) is 7.91. The minimum Gasteiger partial charge on any atom is -0.328 e. The van der Waals surface area contributed by atoms with Gasteiger partial charge in [0.2, 0.25) is 5.91 Å². The van der Waals surface area contributed by atoms with Gasteiger partial charge in [-0.3, -0.25) is 4.79 Å². The monoisotopic (exact) mass is 338 g/mol. The maximum Gasteiger partial charge on any atom is 0.228 e. The van der Waals surface area contributed by atoms with Crippen LogP contribution in [-0.2, 0) is 4.79 Å². The van der Waals surface area contributed by atoms with Gasteiger partial charge in [0.1, 0.15) is 11.6 Å². The summed E-state index contributed by atoms with van der Waals surface area (Å²) in [5.41, 5.74) is 7.34. The predicted octanol–water partition coefficient (Wildman–Crippen LogP) is 2.81. The van der Waals surface area contributed by atoms with Crippen molar-refractivity contribution < 1.29 is 9.18 Å². The lowest BCUT2D eigenvalue weighted by molar-refractivity contribution is -0.119. The Bertz CT molecular complexity index is 686. The van der Waals surface area contributed by atoms with Crippen molar-refractivity contribution in [3.05, 3.63) is 41.8 Å². The van der Waals surface area contributed by atoms with E-state index in [2.05, 4.69) is 10.4 Å². The fourth-order valence-electron chi connectivity index (χ4n) is 2.85. The quantitative estimate of drug-likeness (QED) is 0.903. The zero-order valence-corrected chi connectivity index (χ0v) is 13.6. The summed E-state index contributed by atoms with van der Waals surface area (Å²) in [6.45, 7) is 1.85. The van der Waals surface area contributed by atoms with Crippen LogP contribution in [-0.4, -0.2) is 21.7 Å². The summed E-state index contributed by atoms with van der Waals surface area (Å²) in [5.74, 6) is 0.204. The number of benzene rings is 1. The van der Waals surface area contributed by atoms with Gasteiger partial charge in [-0.1, -0.05) is 0 Å². The van der Waals surface area contributed by atoms with E-state index in [1.54, 1.807) is 22.9 Å². The van der Waals surface area contributed by atoms with Crippen LogP contribution in [0.15, 0.2) is 30.3 Å². The Morgan fingerprint density at radius 2 is 2.04 bits per heavy atom. The second-order valence-electron chi connectivity index (χ2n) is 5.82. The second kappa shape index (κ2) is 7.10. The molecule has 3 N–H and O–H groups in total. The SMILES string of the molecule is Cc1cc(NC(=O)C2CCC(N)C2)n(-c2ccc(F)cc2)n1.Cl. The Labute approximate surface area is 140 Å². The average Bonchev–Trinajstić information content (AvgIpc) is 3.06. The fraction of sp³-hybridized carbons (Fsp3) is 0.375. The van der Waals surface area contributed by atoms with Crippen LogP contribution in [0.3, 0.4) is 0 Å². The highest BCUT2D eigenvalue weighted by Crippen LogP contribution is 2.26. The molecule has 3 rings (SSSR count). The van der Waals surface area contributed by atoms with Crippen LogP contribution < -0.4 is 11.1 Å². The van der Waals surface area contributed by atoms with E-state index >= 15 is 0 Å². The molecule has 1 saturated carbocycles. The summed E-state index contributed by atoms with van der Waals surface area (Å²) in [4.78, 5) is 12.3. The Morgan fingerprint density at radius 1 is 1.35 bits per heavy atom. The van der Waals surface area contributed by atoms with E-state index in [0.29, 0.717) is 11.5 Å². The zero-order valence-electron chi connectivity index (χ0n) is 12.8. The third-order valence-corrected chi connectivity index (χ3v) is 4.00. The number of nitrogens with zero attached hydrogens (tertiary/aromatic N) is 2. The van der Waals surface area contributed by atoms with Gasteiger partial charge in [0.05, 0.1) is 11.4 Å². The average molecular weight is 339 g/mol. The molecule has 5 nitrogen and oxygen atoms in total. The van der Waals surface area contributed by atoms with Gasteiger partial charge in [0.25, 0.3) is 0 Å². The van der Waals surface area contributed by atoms with E-state index in [0.717, 1.165) is 25.0 Å². The van der Waals surface area contributed by atoms with Crippen molar-refractivity contribution in [2.75, 3.05) is 5.32 Å². The highest BCUT2D eigenvalue weighted by Gasteiger charge is 2.28. The van der Waals surface area contributed by atoms with Gasteiger partial charge in [0, 0.05) is 18.0 Å². The molecule has 1 aliphatic carbocycles. The molecule has 0 aliphatic heterocycles. The van der Waals surface area contributed by atoms with Gasteiger partial charge in [0.15, 0.2) is 0 Å². The minimum absolute atomic E-state index is 0. The smallest absolute Gasteiger partial charge is 0.228 e. The number of hydrogen-bond acceptors (Lipinski definition) is 3. The van der Waals surface area contributed by atoms with Gasteiger partial charge in [-0.05, 0) is 50.5 Å². The van der Waals surface area contributed by atoms with Gasteiger partial charge in [-0.25, -0.2) is 9.07 Å². The number of carbonyl (C=O) groups is 1. The van der Waals surface area contributed by atoms with Crippen LogP contribution in [0.25, 0.3) is 5.69 Å². The molecule has 0 radical (unpaired) electrons. The Balaban J connectivity index is 0.00000192. The number of nitrogens with two attached hydrogens (primary N) is 1. The highest BCUT2D eigenvalue weighted by molar-refractivity contribution is 5.92. The molecule has 0 saturated heterocycles. The summed E-state index contributed by atoms with van der Waals surface area (Å²) in [7, 11) is 0. The molecular formula is C16H20ClFN4O. The molecule has 1 aromatic carbocycles. The molecule has 23 heavy (non-hydrogen) atoms. The minimum atomic E-state index is -0.307. The van der Waals surface area contributed by atoms with Crippen LogP contribution in [0.1, 0.15) is 25.0 Å². The maximum absolute atomic E-state index is 13.0. The standard InChI is InChI=1S/C16H19FN4O.ClH/c1-10-8-15(19-16(22)11-2-5-13(18)9-11)21(20-10)14-6-3-12(17)4-7-14;/h3-4,6-8,11,13H,2,5,9,18H2,1H3,(H,19,22);1H. The molecular weight excluding hydrogens is 319 g/mol. The first-order valence-electron chi connectivity index (χ1n) is 7.42. The topological polar surface area (TPSA) is 72.9 Å². The van der Waals surface area contributed by atoms with E-state index in [4.69, 9.17) is 5.73 Å². The molecule has 1 amide bonds. The molecule has 1 aromatic heterocycles. The number of aryl methyl sites for hydroxylation is 1. The first-order chi connectivity index (χ1) is 10.5. The van der Waals surface area contributed by atoms with Crippen molar-refractivity contribution >= 4 is 24.1 Å². The maximum atomic E-state index is 13.0. The van der Waals surface area contributed by atoms with Crippen molar-refractivity contribution in [1.82, 2.24) is 9.78 Å². The molecule has 0 spiro atoms. The predicted molar refractivity (Wildman–Crippen MR) is 89.5 cm³/mol. The number of carbonyl (C=O) groups excluding carboxylic acids is 1. The van der Waals surface area contributed by atoms with Crippen LogP contribution in [0.2, 0.25) is 0 Å². The summed E-state index contributed by atoms with van der Waals surface area (Å²) in [6.07, 6.45) is 2.42. The molecule has 0 bridgehead atoms.